The maximum Gasteiger partial charge on any atom is 0.345 e. The summed E-state index contributed by atoms with van der Waals surface area (Å²) in [5, 5.41) is 8.45. The summed E-state index contributed by atoms with van der Waals surface area (Å²) < 4.78 is 10.7. The van der Waals surface area contributed by atoms with E-state index < -0.39 is 17.8 Å². The fraction of sp³-hybridized carbons (Fsp3) is 0.0370. The Balaban J connectivity index is 1.53. The molecule has 8 nitrogen and oxygen atoms in total. The molecule has 0 aromatic heterocycles. The lowest BCUT2D eigenvalue weighted by Crippen LogP contribution is -2.32. The third kappa shape index (κ3) is 6.24. The highest BCUT2D eigenvalue weighted by Crippen LogP contribution is 2.29. The number of hydrogen-bond acceptors (Lipinski definition) is 6. The van der Waals surface area contributed by atoms with Gasteiger partial charge in [-0.15, -0.1) is 0 Å². The van der Waals surface area contributed by atoms with E-state index in [2.05, 4.69) is 15.8 Å². The second-order valence-electron chi connectivity index (χ2n) is 7.59. The van der Waals surface area contributed by atoms with Gasteiger partial charge in [-0.25, -0.2) is 10.2 Å². The number of methoxy groups -OCH3 is 1. The van der Waals surface area contributed by atoms with Gasteiger partial charge in [0.05, 0.1) is 23.9 Å². The molecule has 0 aliphatic rings. The number of carbonyl (C=O) groups is 3. The first-order valence-corrected chi connectivity index (χ1v) is 11.6. The second-order valence-corrected chi connectivity index (χ2v) is 8.44. The highest BCUT2D eigenvalue weighted by atomic mass is 35.5. The van der Waals surface area contributed by atoms with Crippen LogP contribution in [0.5, 0.6) is 11.5 Å². The fourth-order valence-electron chi connectivity index (χ4n) is 3.38. The van der Waals surface area contributed by atoms with Crippen molar-refractivity contribution in [3.8, 4) is 11.5 Å². The van der Waals surface area contributed by atoms with Gasteiger partial charge in [-0.1, -0.05) is 53.5 Å². The molecule has 0 atom stereocenters. The smallest absolute Gasteiger partial charge is 0.345 e. The molecule has 186 valence electrons. The number of benzene rings is 4. The lowest BCUT2D eigenvalue weighted by atomic mass is 10.0. The number of amides is 2. The van der Waals surface area contributed by atoms with Crippen LogP contribution in [0.4, 0.5) is 5.69 Å². The summed E-state index contributed by atoms with van der Waals surface area (Å²) in [6.07, 6.45) is 1.30. The summed E-state index contributed by atoms with van der Waals surface area (Å²) in [7, 11) is 1.52. The Morgan fingerprint density at radius 2 is 1.65 bits per heavy atom. The summed E-state index contributed by atoms with van der Waals surface area (Å²) in [6.45, 7) is 0. The number of fused-ring (bicyclic) bond motifs is 1. The van der Waals surface area contributed by atoms with Crippen LogP contribution in [0.15, 0.2) is 84.0 Å². The molecule has 4 rings (SSSR count). The molecule has 10 heteroatoms. The summed E-state index contributed by atoms with van der Waals surface area (Å²) in [6, 6.07) is 21.6. The van der Waals surface area contributed by atoms with E-state index in [1.165, 1.54) is 31.5 Å². The number of halogens is 2. The lowest BCUT2D eigenvalue weighted by Gasteiger charge is -2.11. The van der Waals surface area contributed by atoms with Crippen molar-refractivity contribution in [1.82, 2.24) is 5.43 Å². The summed E-state index contributed by atoms with van der Waals surface area (Å²) in [5.41, 5.74) is 3.13. The molecule has 0 unspecified atom stereocenters. The first kappa shape index (κ1) is 25.7. The minimum absolute atomic E-state index is 0.130. The molecule has 0 fully saturated rings. The maximum absolute atomic E-state index is 12.8. The van der Waals surface area contributed by atoms with E-state index in [1.807, 2.05) is 24.3 Å². The monoisotopic (exact) mass is 535 g/mol. The number of rotatable bonds is 6. The molecule has 4 aromatic rings. The van der Waals surface area contributed by atoms with E-state index in [1.54, 1.807) is 36.4 Å². The van der Waals surface area contributed by atoms with Crippen LogP contribution in [0.2, 0.25) is 10.0 Å². The molecular weight excluding hydrogens is 517 g/mol. The molecule has 0 bridgehead atoms. The third-order valence-electron chi connectivity index (χ3n) is 5.20. The molecule has 37 heavy (non-hydrogen) atoms. The van der Waals surface area contributed by atoms with Gasteiger partial charge in [-0.05, 0) is 59.3 Å². The lowest BCUT2D eigenvalue weighted by molar-refractivity contribution is -0.136. The third-order valence-corrected chi connectivity index (χ3v) is 5.75. The van der Waals surface area contributed by atoms with Gasteiger partial charge in [0, 0.05) is 16.3 Å². The minimum atomic E-state index is -0.987. The average molecular weight is 536 g/mol. The molecular formula is C27H19Cl2N3O5. The van der Waals surface area contributed by atoms with Crippen molar-refractivity contribution in [2.45, 2.75) is 0 Å². The van der Waals surface area contributed by atoms with Gasteiger partial charge >= 0.3 is 17.8 Å². The number of ether oxygens (including phenoxy) is 2. The SMILES string of the molecule is COc1ccc(NC(=O)C(=O)NN=Cc2c(OC(=O)c3ccc(Cl)cc3Cl)ccc3ccccc23)cc1. The van der Waals surface area contributed by atoms with Crippen molar-refractivity contribution < 1.29 is 23.9 Å². The second kappa shape index (κ2) is 11.6. The van der Waals surface area contributed by atoms with Crippen LogP contribution in [0.25, 0.3) is 10.8 Å². The van der Waals surface area contributed by atoms with Crippen molar-refractivity contribution in [3.05, 3.63) is 100 Å². The minimum Gasteiger partial charge on any atom is -0.497 e. The Hall–Kier alpha value is -4.40. The molecule has 0 spiro atoms. The number of hydrazone groups is 1. The molecule has 0 aliphatic heterocycles. The van der Waals surface area contributed by atoms with Gasteiger partial charge in [0.2, 0.25) is 0 Å². The number of hydrogen-bond donors (Lipinski definition) is 2. The first-order valence-electron chi connectivity index (χ1n) is 10.8. The first-order chi connectivity index (χ1) is 17.9. The largest absolute Gasteiger partial charge is 0.497 e. The zero-order valence-corrected chi connectivity index (χ0v) is 20.8. The number of esters is 1. The highest BCUT2D eigenvalue weighted by Gasteiger charge is 2.17. The van der Waals surface area contributed by atoms with Crippen LogP contribution in [-0.2, 0) is 9.59 Å². The molecule has 0 saturated heterocycles. The molecule has 4 aromatic carbocycles. The van der Waals surface area contributed by atoms with Crippen LogP contribution in [0.1, 0.15) is 15.9 Å². The number of anilines is 1. The fourth-order valence-corrected chi connectivity index (χ4v) is 3.86. The van der Waals surface area contributed by atoms with Gasteiger partial charge in [0.25, 0.3) is 0 Å². The van der Waals surface area contributed by atoms with Crippen molar-refractivity contribution >= 4 is 63.7 Å². The molecule has 0 aliphatic carbocycles. The van der Waals surface area contributed by atoms with Crippen LogP contribution in [0.3, 0.4) is 0 Å². The van der Waals surface area contributed by atoms with Gasteiger partial charge in [-0.2, -0.15) is 5.10 Å². The van der Waals surface area contributed by atoms with Gasteiger partial charge in [-0.3, -0.25) is 9.59 Å². The predicted molar refractivity (Wildman–Crippen MR) is 143 cm³/mol. The van der Waals surface area contributed by atoms with Crippen LogP contribution >= 0.6 is 23.2 Å². The van der Waals surface area contributed by atoms with Crippen molar-refractivity contribution in [3.63, 3.8) is 0 Å². The highest BCUT2D eigenvalue weighted by molar-refractivity contribution is 6.39. The van der Waals surface area contributed by atoms with E-state index in [-0.39, 0.29) is 16.3 Å². The van der Waals surface area contributed by atoms with Crippen LogP contribution in [-0.4, -0.2) is 31.1 Å². The van der Waals surface area contributed by atoms with Gasteiger partial charge in [0.15, 0.2) is 0 Å². The van der Waals surface area contributed by atoms with E-state index in [0.717, 1.165) is 5.39 Å². The van der Waals surface area contributed by atoms with Crippen LogP contribution in [0, 0.1) is 0 Å². The van der Waals surface area contributed by atoms with Crippen molar-refractivity contribution in [1.29, 1.82) is 0 Å². The maximum atomic E-state index is 12.8. The normalized spacial score (nSPS) is 10.8. The quantitative estimate of drug-likeness (QED) is 0.112. The average Bonchev–Trinajstić information content (AvgIpc) is 2.89. The molecule has 0 radical (unpaired) electrons. The number of nitrogens with zero attached hydrogens (tertiary/aromatic N) is 1. The Labute approximate surface area is 221 Å². The Morgan fingerprint density at radius 1 is 0.892 bits per heavy atom. The molecule has 0 saturated carbocycles. The molecule has 2 N–H and O–H groups in total. The van der Waals surface area contributed by atoms with Crippen LogP contribution < -0.4 is 20.2 Å². The van der Waals surface area contributed by atoms with Gasteiger partial charge in [0.1, 0.15) is 11.5 Å². The van der Waals surface area contributed by atoms with E-state index in [9.17, 15) is 14.4 Å². The van der Waals surface area contributed by atoms with E-state index >= 15 is 0 Å². The Kier molecular flexibility index (Phi) is 8.02. The topological polar surface area (TPSA) is 106 Å². The van der Waals surface area contributed by atoms with Crippen molar-refractivity contribution in [2.75, 3.05) is 12.4 Å². The van der Waals surface area contributed by atoms with E-state index in [4.69, 9.17) is 32.7 Å². The predicted octanol–water partition coefficient (Wildman–Crippen LogP) is 5.46. The number of carbonyl (C=O) groups excluding carboxylic acids is 3. The molecule has 2 amide bonds. The summed E-state index contributed by atoms with van der Waals surface area (Å²) in [4.78, 5) is 37.3. The molecule has 0 heterocycles. The Morgan fingerprint density at radius 3 is 2.38 bits per heavy atom. The standard InChI is InChI=1S/C27H19Cl2N3O5/c1-36-19-10-8-18(9-11-19)31-25(33)26(34)32-30-15-22-20-5-3-2-4-16(20)6-13-24(22)37-27(35)21-12-7-17(28)14-23(21)29/h2-15H,1H3,(H,31,33)(H,32,34). The van der Waals surface area contributed by atoms with Crippen molar-refractivity contribution in [2.24, 2.45) is 5.10 Å². The number of nitrogens with one attached hydrogen (secondary N) is 2. The zero-order valence-electron chi connectivity index (χ0n) is 19.3. The Bertz CT molecular complexity index is 1520. The summed E-state index contributed by atoms with van der Waals surface area (Å²) in [5.74, 6) is -1.81. The summed E-state index contributed by atoms with van der Waals surface area (Å²) >= 11 is 12.1. The zero-order chi connectivity index (χ0) is 26.4. The van der Waals surface area contributed by atoms with Gasteiger partial charge < -0.3 is 14.8 Å². The van der Waals surface area contributed by atoms with E-state index in [0.29, 0.717) is 27.4 Å².